The first-order valence-corrected chi connectivity index (χ1v) is 8.14. The fraction of sp³-hybridized carbons (Fsp3) is 0.556. The minimum Gasteiger partial charge on any atom is -0.497 e. The number of hydrogen-bond acceptors (Lipinski definition) is 4. The standard InChI is InChI=1S/C18H21NO3/c1-20-13-5-3-10-9-12-11-4-6-14(21-2)17-18(11,7-8-19-12)15(10)16(13)22-17/h3,5-6,11-12,17,19H,4,7-9H2,1-2H3/t11?,12-,17+,18+/m0/s1. The molecular weight excluding hydrogens is 278 g/mol. The Morgan fingerprint density at radius 2 is 2.18 bits per heavy atom. The lowest BCUT2D eigenvalue weighted by atomic mass is 9.53. The molecule has 2 aliphatic heterocycles. The maximum absolute atomic E-state index is 6.46. The van der Waals surface area contributed by atoms with Gasteiger partial charge in [-0.2, -0.15) is 0 Å². The van der Waals surface area contributed by atoms with Crippen LogP contribution in [0.5, 0.6) is 11.5 Å². The largest absolute Gasteiger partial charge is 0.497 e. The Balaban J connectivity index is 1.81. The monoisotopic (exact) mass is 299 g/mol. The topological polar surface area (TPSA) is 39.7 Å². The summed E-state index contributed by atoms with van der Waals surface area (Å²) in [5.74, 6) is 3.39. The molecule has 0 aromatic heterocycles. The summed E-state index contributed by atoms with van der Waals surface area (Å²) in [4.78, 5) is 0. The molecule has 1 spiro atoms. The number of nitrogens with one attached hydrogen (secondary N) is 1. The Kier molecular flexibility index (Phi) is 2.44. The molecule has 4 aliphatic rings. The predicted octanol–water partition coefficient (Wildman–Crippen LogP) is 2.16. The lowest BCUT2D eigenvalue weighted by Crippen LogP contribution is -2.63. The molecule has 2 bridgehead atoms. The van der Waals surface area contributed by atoms with E-state index in [0.29, 0.717) is 12.0 Å². The van der Waals surface area contributed by atoms with E-state index in [1.54, 1.807) is 14.2 Å². The zero-order chi connectivity index (χ0) is 14.9. The van der Waals surface area contributed by atoms with Crippen molar-refractivity contribution in [2.45, 2.75) is 36.8 Å². The van der Waals surface area contributed by atoms with Crippen molar-refractivity contribution in [3.8, 4) is 11.5 Å². The van der Waals surface area contributed by atoms with Crippen molar-refractivity contribution in [1.82, 2.24) is 5.32 Å². The van der Waals surface area contributed by atoms with E-state index in [-0.39, 0.29) is 11.5 Å². The molecule has 4 atom stereocenters. The molecule has 1 N–H and O–H groups in total. The Bertz CT molecular complexity index is 683. The molecule has 0 amide bonds. The predicted molar refractivity (Wildman–Crippen MR) is 82.4 cm³/mol. The average molecular weight is 299 g/mol. The summed E-state index contributed by atoms with van der Waals surface area (Å²) in [6.45, 7) is 1.05. The van der Waals surface area contributed by atoms with Gasteiger partial charge in [0.1, 0.15) is 5.76 Å². The first-order chi connectivity index (χ1) is 10.8. The van der Waals surface area contributed by atoms with Crippen molar-refractivity contribution in [2.24, 2.45) is 5.92 Å². The molecule has 4 heteroatoms. The third-order valence-corrected chi connectivity index (χ3v) is 6.20. The van der Waals surface area contributed by atoms with Gasteiger partial charge in [0.2, 0.25) is 0 Å². The molecule has 0 saturated carbocycles. The molecule has 1 aromatic rings. The van der Waals surface area contributed by atoms with Crippen LogP contribution in [-0.2, 0) is 16.6 Å². The molecule has 0 radical (unpaired) electrons. The first kappa shape index (κ1) is 12.8. The molecule has 22 heavy (non-hydrogen) atoms. The fourth-order valence-corrected chi connectivity index (χ4v) is 5.38. The van der Waals surface area contributed by atoms with E-state index in [4.69, 9.17) is 14.2 Å². The van der Waals surface area contributed by atoms with Crippen LogP contribution >= 0.6 is 0 Å². The van der Waals surface area contributed by atoms with Gasteiger partial charge in [-0.1, -0.05) is 6.07 Å². The average Bonchev–Trinajstić information content (AvgIpc) is 2.88. The van der Waals surface area contributed by atoms with Crippen LogP contribution in [0.4, 0.5) is 0 Å². The summed E-state index contributed by atoms with van der Waals surface area (Å²) in [6.07, 6.45) is 5.50. The van der Waals surface area contributed by atoms with Crippen LogP contribution in [0.2, 0.25) is 0 Å². The molecule has 1 aromatic carbocycles. The highest BCUT2D eigenvalue weighted by atomic mass is 16.6. The van der Waals surface area contributed by atoms with E-state index in [9.17, 15) is 0 Å². The normalized spacial score (nSPS) is 37.0. The third kappa shape index (κ3) is 1.29. The second kappa shape index (κ2) is 4.19. The number of piperidine rings is 1. The summed E-state index contributed by atoms with van der Waals surface area (Å²) in [6, 6.07) is 4.82. The van der Waals surface area contributed by atoms with Crippen molar-refractivity contribution >= 4 is 0 Å². The highest BCUT2D eigenvalue weighted by Gasteiger charge is 2.63. The van der Waals surface area contributed by atoms with Crippen LogP contribution in [0.1, 0.15) is 24.0 Å². The third-order valence-electron chi connectivity index (χ3n) is 6.20. The van der Waals surface area contributed by atoms with Gasteiger partial charge in [0, 0.05) is 17.0 Å². The first-order valence-electron chi connectivity index (χ1n) is 8.14. The minimum atomic E-state index is 0.00574. The Hall–Kier alpha value is -1.68. The summed E-state index contributed by atoms with van der Waals surface area (Å²) in [5, 5.41) is 3.73. The molecule has 2 aliphatic carbocycles. The summed E-state index contributed by atoms with van der Waals surface area (Å²) < 4.78 is 17.7. The van der Waals surface area contributed by atoms with Gasteiger partial charge in [-0.25, -0.2) is 0 Å². The molecule has 116 valence electrons. The van der Waals surface area contributed by atoms with Gasteiger partial charge >= 0.3 is 0 Å². The Labute approximate surface area is 130 Å². The molecule has 5 rings (SSSR count). The summed E-state index contributed by atoms with van der Waals surface area (Å²) in [7, 11) is 3.48. The quantitative estimate of drug-likeness (QED) is 0.908. The fourth-order valence-electron chi connectivity index (χ4n) is 5.38. The van der Waals surface area contributed by atoms with Gasteiger partial charge in [0.15, 0.2) is 17.6 Å². The SMILES string of the molecule is COC1=CCC2[C@@H]3Cc4ccc(OC)c5c4[C@]2(CCN3)[C@@H]1O5. The van der Waals surface area contributed by atoms with Crippen molar-refractivity contribution in [3.63, 3.8) is 0 Å². The van der Waals surface area contributed by atoms with Gasteiger partial charge in [-0.3, -0.25) is 0 Å². The van der Waals surface area contributed by atoms with Crippen LogP contribution in [0, 0.1) is 5.92 Å². The van der Waals surface area contributed by atoms with E-state index in [1.165, 1.54) is 11.1 Å². The molecule has 1 saturated heterocycles. The van der Waals surface area contributed by atoms with Gasteiger partial charge in [-0.15, -0.1) is 0 Å². The van der Waals surface area contributed by atoms with E-state index in [1.807, 2.05) is 6.07 Å². The van der Waals surface area contributed by atoms with Crippen LogP contribution in [0.3, 0.4) is 0 Å². The lowest BCUT2D eigenvalue weighted by molar-refractivity contribution is 0.0182. The number of methoxy groups -OCH3 is 2. The van der Waals surface area contributed by atoms with Crippen molar-refractivity contribution in [1.29, 1.82) is 0 Å². The van der Waals surface area contributed by atoms with Gasteiger partial charge in [0.05, 0.1) is 14.2 Å². The van der Waals surface area contributed by atoms with Crippen LogP contribution in [0.25, 0.3) is 0 Å². The van der Waals surface area contributed by atoms with Crippen LogP contribution in [-0.4, -0.2) is 32.9 Å². The van der Waals surface area contributed by atoms with E-state index >= 15 is 0 Å². The van der Waals surface area contributed by atoms with Crippen molar-refractivity contribution < 1.29 is 14.2 Å². The van der Waals surface area contributed by atoms with E-state index < -0.39 is 0 Å². The second-order valence-electron chi connectivity index (χ2n) is 6.84. The summed E-state index contributed by atoms with van der Waals surface area (Å²) >= 11 is 0. The van der Waals surface area contributed by atoms with Gasteiger partial charge < -0.3 is 19.5 Å². The van der Waals surface area contributed by atoms with Crippen molar-refractivity contribution in [2.75, 3.05) is 20.8 Å². The van der Waals surface area contributed by atoms with Crippen LogP contribution < -0.4 is 14.8 Å². The zero-order valence-electron chi connectivity index (χ0n) is 13.0. The van der Waals surface area contributed by atoms with Crippen LogP contribution in [0.15, 0.2) is 24.0 Å². The second-order valence-corrected chi connectivity index (χ2v) is 6.84. The molecule has 4 nitrogen and oxygen atoms in total. The smallest absolute Gasteiger partial charge is 0.166 e. The van der Waals surface area contributed by atoms with Crippen molar-refractivity contribution in [3.05, 3.63) is 35.1 Å². The zero-order valence-corrected chi connectivity index (χ0v) is 13.0. The highest BCUT2D eigenvalue weighted by Crippen LogP contribution is 2.62. The summed E-state index contributed by atoms with van der Waals surface area (Å²) in [5.41, 5.74) is 2.89. The molecule has 2 heterocycles. The van der Waals surface area contributed by atoms with Gasteiger partial charge in [-0.05, 0) is 49.4 Å². The maximum Gasteiger partial charge on any atom is 0.166 e. The van der Waals surface area contributed by atoms with E-state index in [2.05, 4.69) is 17.5 Å². The number of rotatable bonds is 2. The van der Waals surface area contributed by atoms with E-state index in [0.717, 1.165) is 43.1 Å². The van der Waals surface area contributed by atoms with Gasteiger partial charge in [0.25, 0.3) is 0 Å². The lowest BCUT2D eigenvalue weighted by Gasteiger charge is -2.54. The Morgan fingerprint density at radius 1 is 1.27 bits per heavy atom. The maximum atomic E-state index is 6.46. The number of allylic oxidation sites excluding steroid dienone is 1. The molecule has 1 fully saturated rings. The highest BCUT2D eigenvalue weighted by molar-refractivity contribution is 5.62. The number of ether oxygens (including phenoxy) is 3. The number of hydrogen-bond donors (Lipinski definition) is 1. The minimum absolute atomic E-state index is 0.00574. The molecular formula is C18H21NO3. The Morgan fingerprint density at radius 3 is 3.00 bits per heavy atom. The number of benzene rings is 1. The molecule has 1 unspecified atom stereocenters.